The standard InChI is InChI=1S/C11H11NO4/c1-11(2,10(13)14)8-6-16-9(12-8)7-4-3-5-15-7/h3-6H,1-2H3,(H,13,14). The molecule has 2 aromatic heterocycles. The Hall–Kier alpha value is -2.04. The molecule has 0 saturated heterocycles. The van der Waals surface area contributed by atoms with Crippen LogP contribution in [0.4, 0.5) is 0 Å². The predicted molar refractivity (Wildman–Crippen MR) is 54.9 cm³/mol. The van der Waals surface area contributed by atoms with Crippen molar-refractivity contribution in [2.24, 2.45) is 0 Å². The molecule has 0 radical (unpaired) electrons. The molecule has 0 aliphatic rings. The van der Waals surface area contributed by atoms with Gasteiger partial charge in [-0.1, -0.05) is 0 Å². The number of aromatic nitrogens is 1. The van der Waals surface area contributed by atoms with Gasteiger partial charge in [-0.05, 0) is 26.0 Å². The molecule has 0 saturated carbocycles. The molecule has 0 unspecified atom stereocenters. The molecular weight excluding hydrogens is 210 g/mol. The highest BCUT2D eigenvalue weighted by molar-refractivity contribution is 5.79. The van der Waals surface area contributed by atoms with Crippen molar-refractivity contribution in [3.63, 3.8) is 0 Å². The number of hydrogen-bond acceptors (Lipinski definition) is 4. The summed E-state index contributed by atoms with van der Waals surface area (Å²) in [4.78, 5) is 15.1. The fourth-order valence-corrected chi connectivity index (χ4v) is 1.18. The van der Waals surface area contributed by atoms with E-state index in [0.29, 0.717) is 11.5 Å². The van der Waals surface area contributed by atoms with Crippen LogP contribution in [-0.2, 0) is 10.2 Å². The van der Waals surface area contributed by atoms with E-state index >= 15 is 0 Å². The van der Waals surface area contributed by atoms with Gasteiger partial charge in [0.25, 0.3) is 5.89 Å². The lowest BCUT2D eigenvalue weighted by atomic mass is 9.90. The van der Waals surface area contributed by atoms with E-state index in [1.165, 1.54) is 12.5 Å². The van der Waals surface area contributed by atoms with Gasteiger partial charge in [-0.3, -0.25) is 4.79 Å². The van der Waals surface area contributed by atoms with E-state index in [-0.39, 0.29) is 5.89 Å². The zero-order valence-electron chi connectivity index (χ0n) is 8.93. The van der Waals surface area contributed by atoms with Crippen LogP contribution in [0.5, 0.6) is 0 Å². The van der Waals surface area contributed by atoms with E-state index in [1.54, 1.807) is 26.0 Å². The average molecular weight is 221 g/mol. The topological polar surface area (TPSA) is 76.5 Å². The van der Waals surface area contributed by atoms with Crippen molar-refractivity contribution < 1.29 is 18.7 Å². The molecule has 84 valence electrons. The second-order valence-electron chi connectivity index (χ2n) is 3.95. The Kier molecular flexibility index (Phi) is 2.30. The number of carboxylic acids is 1. The zero-order valence-corrected chi connectivity index (χ0v) is 8.93. The summed E-state index contributed by atoms with van der Waals surface area (Å²) in [6.07, 6.45) is 2.84. The lowest BCUT2D eigenvalue weighted by Crippen LogP contribution is -2.28. The Balaban J connectivity index is 2.37. The molecule has 16 heavy (non-hydrogen) atoms. The molecule has 5 nitrogen and oxygen atoms in total. The number of rotatable bonds is 3. The fraction of sp³-hybridized carbons (Fsp3) is 0.273. The van der Waals surface area contributed by atoms with Crippen LogP contribution in [0.25, 0.3) is 11.7 Å². The van der Waals surface area contributed by atoms with Gasteiger partial charge in [0.05, 0.1) is 12.0 Å². The van der Waals surface area contributed by atoms with E-state index in [1.807, 2.05) is 0 Å². The molecule has 2 rings (SSSR count). The Morgan fingerprint density at radius 3 is 2.75 bits per heavy atom. The van der Waals surface area contributed by atoms with Crippen molar-refractivity contribution in [3.05, 3.63) is 30.4 Å². The average Bonchev–Trinajstić information content (AvgIpc) is 2.88. The molecule has 0 fully saturated rings. The van der Waals surface area contributed by atoms with Gasteiger partial charge in [-0.2, -0.15) is 0 Å². The van der Waals surface area contributed by atoms with Gasteiger partial charge in [-0.15, -0.1) is 0 Å². The van der Waals surface area contributed by atoms with E-state index in [4.69, 9.17) is 13.9 Å². The number of furan rings is 1. The molecule has 0 bridgehead atoms. The van der Waals surface area contributed by atoms with Crippen molar-refractivity contribution >= 4 is 5.97 Å². The third-order valence-electron chi connectivity index (χ3n) is 2.41. The van der Waals surface area contributed by atoms with Crippen LogP contribution in [-0.4, -0.2) is 16.1 Å². The Labute approximate surface area is 91.7 Å². The second kappa shape index (κ2) is 3.52. The lowest BCUT2D eigenvalue weighted by Gasteiger charge is -2.14. The van der Waals surface area contributed by atoms with Crippen LogP contribution in [0.1, 0.15) is 19.5 Å². The smallest absolute Gasteiger partial charge is 0.315 e. The summed E-state index contributed by atoms with van der Waals surface area (Å²) in [7, 11) is 0. The summed E-state index contributed by atoms with van der Waals surface area (Å²) in [5.41, 5.74) is -0.708. The first-order valence-corrected chi connectivity index (χ1v) is 4.75. The van der Waals surface area contributed by atoms with Crippen molar-refractivity contribution in [1.29, 1.82) is 0 Å². The SMILES string of the molecule is CC(C)(C(=O)O)c1coc(-c2ccco2)n1. The quantitative estimate of drug-likeness (QED) is 0.860. The van der Waals surface area contributed by atoms with E-state index in [2.05, 4.69) is 4.98 Å². The Morgan fingerprint density at radius 2 is 2.19 bits per heavy atom. The molecule has 1 N–H and O–H groups in total. The molecule has 5 heteroatoms. The van der Waals surface area contributed by atoms with Gasteiger partial charge in [0.15, 0.2) is 5.76 Å². The molecule has 2 heterocycles. The summed E-state index contributed by atoms with van der Waals surface area (Å²) in [5.74, 6) is -0.187. The third-order valence-corrected chi connectivity index (χ3v) is 2.41. The maximum Gasteiger partial charge on any atom is 0.315 e. The zero-order chi connectivity index (χ0) is 11.8. The second-order valence-corrected chi connectivity index (χ2v) is 3.95. The number of oxazole rings is 1. The summed E-state index contributed by atoms with van der Waals surface area (Å²) in [5, 5.41) is 9.03. The summed E-state index contributed by atoms with van der Waals surface area (Å²) in [6, 6.07) is 3.41. The molecule has 0 aliphatic heterocycles. The first-order chi connectivity index (χ1) is 7.51. The minimum absolute atomic E-state index is 0.286. The monoisotopic (exact) mass is 221 g/mol. The predicted octanol–water partition coefficient (Wildman–Crippen LogP) is 2.30. The Morgan fingerprint density at radius 1 is 1.44 bits per heavy atom. The normalized spacial score (nSPS) is 11.6. The van der Waals surface area contributed by atoms with E-state index < -0.39 is 11.4 Å². The van der Waals surface area contributed by atoms with Crippen LogP contribution >= 0.6 is 0 Å². The van der Waals surface area contributed by atoms with Gasteiger partial charge in [0, 0.05) is 0 Å². The van der Waals surface area contributed by atoms with Crippen LogP contribution in [0, 0.1) is 0 Å². The lowest BCUT2D eigenvalue weighted by molar-refractivity contribution is -0.142. The first-order valence-electron chi connectivity index (χ1n) is 4.75. The highest BCUT2D eigenvalue weighted by atomic mass is 16.4. The van der Waals surface area contributed by atoms with Gasteiger partial charge >= 0.3 is 5.97 Å². The largest absolute Gasteiger partial charge is 0.481 e. The number of carboxylic acid groups (broad SMARTS) is 1. The number of hydrogen-bond donors (Lipinski definition) is 1. The minimum Gasteiger partial charge on any atom is -0.481 e. The summed E-state index contributed by atoms with van der Waals surface area (Å²) in [6.45, 7) is 3.14. The molecule has 0 aliphatic carbocycles. The molecule has 0 atom stereocenters. The molecule has 0 aromatic carbocycles. The maximum absolute atomic E-state index is 11.0. The Bertz CT molecular complexity index is 496. The van der Waals surface area contributed by atoms with Gasteiger partial charge in [-0.25, -0.2) is 4.98 Å². The van der Waals surface area contributed by atoms with E-state index in [0.717, 1.165) is 0 Å². The third kappa shape index (κ3) is 1.60. The summed E-state index contributed by atoms with van der Waals surface area (Å²) < 4.78 is 10.3. The molecule has 2 aromatic rings. The first kappa shape index (κ1) is 10.5. The molecule has 0 spiro atoms. The number of carbonyl (C=O) groups is 1. The van der Waals surface area contributed by atoms with Gasteiger partial charge in [0.2, 0.25) is 0 Å². The molecule has 0 amide bonds. The molecular formula is C11H11NO4. The minimum atomic E-state index is -1.08. The highest BCUT2D eigenvalue weighted by Gasteiger charge is 2.33. The van der Waals surface area contributed by atoms with Gasteiger partial charge in [0.1, 0.15) is 11.7 Å². The van der Waals surface area contributed by atoms with Crippen molar-refractivity contribution in [2.45, 2.75) is 19.3 Å². The van der Waals surface area contributed by atoms with Crippen LogP contribution < -0.4 is 0 Å². The van der Waals surface area contributed by atoms with Crippen molar-refractivity contribution in [1.82, 2.24) is 4.98 Å². The van der Waals surface area contributed by atoms with Crippen LogP contribution in [0.2, 0.25) is 0 Å². The number of aliphatic carboxylic acids is 1. The van der Waals surface area contributed by atoms with Gasteiger partial charge < -0.3 is 13.9 Å². The maximum atomic E-state index is 11.0. The highest BCUT2D eigenvalue weighted by Crippen LogP contribution is 2.26. The van der Waals surface area contributed by atoms with Crippen LogP contribution in [0.3, 0.4) is 0 Å². The fourth-order valence-electron chi connectivity index (χ4n) is 1.18. The van der Waals surface area contributed by atoms with Crippen molar-refractivity contribution in [2.75, 3.05) is 0 Å². The van der Waals surface area contributed by atoms with E-state index in [9.17, 15) is 4.79 Å². The van der Waals surface area contributed by atoms with Crippen LogP contribution in [0.15, 0.2) is 33.5 Å². The van der Waals surface area contributed by atoms with Crippen molar-refractivity contribution in [3.8, 4) is 11.7 Å². The number of nitrogens with zero attached hydrogens (tertiary/aromatic N) is 1. The summed E-state index contributed by atoms with van der Waals surface area (Å²) >= 11 is 0.